The molecule has 9 rings (SSSR count). The van der Waals surface area contributed by atoms with Crippen LogP contribution in [-0.4, -0.2) is 20.8 Å². The summed E-state index contributed by atoms with van der Waals surface area (Å²) in [5.41, 5.74) is 12.2. The maximum atomic E-state index is 5.10. The number of aromatic nitrogens is 2. The van der Waals surface area contributed by atoms with E-state index in [4.69, 9.17) is 9.98 Å². The molecule has 0 amide bonds. The summed E-state index contributed by atoms with van der Waals surface area (Å²) in [6.07, 6.45) is 11.0. The van der Waals surface area contributed by atoms with Crippen molar-refractivity contribution in [2.45, 2.75) is 45.7 Å². The van der Waals surface area contributed by atoms with Crippen LogP contribution >= 0.6 is 0 Å². The lowest BCUT2D eigenvalue weighted by atomic mass is 9.95. The van der Waals surface area contributed by atoms with Crippen LogP contribution in [0.1, 0.15) is 60.8 Å². The van der Waals surface area contributed by atoms with Crippen molar-refractivity contribution in [3.05, 3.63) is 168 Å². The summed E-state index contributed by atoms with van der Waals surface area (Å²) in [5, 5.41) is 7.41. The van der Waals surface area contributed by atoms with Crippen LogP contribution in [-0.2, 0) is 12.8 Å². The van der Waals surface area contributed by atoms with E-state index in [1.54, 1.807) is 0 Å². The summed E-state index contributed by atoms with van der Waals surface area (Å²) in [5.74, 6) is 1.65. The molecule has 0 atom stereocenters. The van der Waals surface area contributed by atoms with Crippen LogP contribution in [0.2, 0.25) is 0 Å². The molecule has 0 bridgehead atoms. The molecule has 2 aromatic heterocycles. The fourth-order valence-corrected chi connectivity index (χ4v) is 7.93. The van der Waals surface area contributed by atoms with Crippen molar-refractivity contribution < 1.29 is 0 Å². The van der Waals surface area contributed by atoms with E-state index in [-0.39, 0.29) is 6.17 Å². The Bertz CT molecular complexity index is 2450. The molecule has 0 saturated heterocycles. The first-order valence-corrected chi connectivity index (χ1v) is 17.7. The fraction of sp³-hybridized carbons (Fsp3) is 0.156. The van der Waals surface area contributed by atoms with Crippen LogP contribution in [0, 0.1) is 0 Å². The summed E-state index contributed by atoms with van der Waals surface area (Å²) in [7, 11) is 0. The monoisotopic (exact) mass is 649 g/mol. The number of para-hydroxylation sites is 1. The van der Waals surface area contributed by atoms with Gasteiger partial charge in [-0.3, -0.25) is 0 Å². The first-order valence-electron chi connectivity index (χ1n) is 17.7. The Morgan fingerprint density at radius 1 is 0.660 bits per heavy atom. The second-order valence-corrected chi connectivity index (χ2v) is 13.2. The number of fused-ring (bicyclic) bond motifs is 6. The van der Waals surface area contributed by atoms with Crippen molar-refractivity contribution in [3.8, 4) is 5.69 Å². The maximum Gasteiger partial charge on any atom is 0.169 e. The minimum atomic E-state index is -0.363. The lowest BCUT2D eigenvalue weighted by Gasteiger charge is -2.22. The predicted molar refractivity (Wildman–Crippen MR) is 210 cm³/mol. The lowest BCUT2D eigenvalue weighted by molar-refractivity contribution is 0.669. The van der Waals surface area contributed by atoms with E-state index in [9.17, 15) is 0 Å². The quantitative estimate of drug-likeness (QED) is 0.179. The first kappa shape index (κ1) is 30.1. The van der Waals surface area contributed by atoms with Gasteiger partial charge in [0.25, 0.3) is 0 Å². The highest BCUT2D eigenvalue weighted by atomic mass is 15.2. The molecule has 3 heterocycles. The summed E-state index contributed by atoms with van der Waals surface area (Å²) in [4.78, 5) is 10.2. The van der Waals surface area contributed by atoms with Gasteiger partial charge in [-0.05, 0) is 87.1 Å². The van der Waals surface area contributed by atoms with Crippen LogP contribution in [0.5, 0.6) is 0 Å². The second kappa shape index (κ2) is 12.5. The Balaban J connectivity index is 1.19. The van der Waals surface area contributed by atoms with Gasteiger partial charge in [-0.2, -0.15) is 0 Å². The average Bonchev–Trinajstić information content (AvgIpc) is 3.68. The van der Waals surface area contributed by atoms with E-state index in [2.05, 4.69) is 131 Å². The fourth-order valence-electron chi connectivity index (χ4n) is 7.93. The molecule has 2 aliphatic rings. The molecular formula is C45H39N5. The molecule has 5 heteroatoms. The van der Waals surface area contributed by atoms with E-state index in [1.807, 2.05) is 36.4 Å². The van der Waals surface area contributed by atoms with E-state index in [1.165, 1.54) is 62.5 Å². The molecule has 0 unspecified atom stereocenters. The minimum absolute atomic E-state index is 0.363. The third-order valence-corrected chi connectivity index (χ3v) is 10.2. The molecule has 0 radical (unpaired) electrons. The molecule has 0 saturated carbocycles. The van der Waals surface area contributed by atoms with Crippen molar-refractivity contribution in [2.75, 3.05) is 0 Å². The largest absolute Gasteiger partial charge is 0.324 e. The topological polar surface area (TPSA) is 46.6 Å². The lowest BCUT2D eigenvalue weighted by Crippen LogP contribution is -2.35. The van der Waals surface area contributed by atoms with E-state index in [0.717, 1.165) is 46.9 Å². The molecule has 50 heavy (non-hydrogen) atoms. The number of aryl methyl sites for hydroxylation is 1. The van der Waals surface area contributed by atoms with Gasteiger partial charge in [0.15, 0.2) is 6.17 Å². The Morgan fingerprint density at radius 2 is 1.30 bits per heavy atom. The average molecular weight is 650 g/mol. The van der Waals surface area contributed by atoms with Gasteiger partial charge in [-0.15, -0.1) is 0 Å². The van der Waals surface area contributed by atoms with Crippen molar-refractivity contribution in [1.29, 1.82) is 0 Å². The normalized spacial score (nSPS) is 15.4. The number of allylic oxidation sites excluding steroid dienone is 4. The second-order valence-electron chi connectivity index (χ2n) is 13.2. The highest BCUT2D eigenvalue weighted by molar-refractivity contribution is 6.16. The molecule has 1 aliphatic heterocycles. The number of hydrogen-bond acceptors (Lipinski definition) is 3. The number of aliphatic imine (C=N–C) groups is 2. The van der Waals surface area contributed by atoms with Crippen molar-refractivity contribution in [3.63, 3.8) is 0 Å². The molecule has 5 nitrogen and oxygen atoms in total. The molecule has 0 spiro atoms. The third-order valence-electron chi connectivity index (χ3n) is 10.2. The van der Waals surface area contributed by atoms with Gasteiger partial charge in [0, 0.05) is 44.4 Å². The summed E-state index contributed by atoms with van der Waals surface area (Å²) in [6.45, 7) is 4.25. The number of rotatable bonds is 6. The Hall–Kier alpha value is -5.94. The van der Waals surface area contributed by atoms with Crippen LogP contribution in [0.4, 0.5) is 0 Å². The molecule has 7 aromatic rings. The van der Waals surface area contributed by atoms with Gasteiger partial charge in [0.1, 0.15) is 11.7 Å². The number of hydrogen-bond donors (Lipinski definition) is 1. The van der Waals surface area contributed by atoms with Gasteiger partial charge < -0.3 is 14.5 Å². The standard InChI is InChI=1S/C45H39N5/c1-3-15-33(4-2)49-39-22-13-11-20-35(39)37-29-42-38(28-41(37)49)36-21-12-14-23-40(36)50(42)34-26-24-32(25-27-34)45-47-43(30-16-7-5-8-17-30)46-44(48-45)31-18-9-6-10-19-31/h3-10,12,14-19,21,23-29,45H,11,13,20,22H2,1-2H3,(H,46,47,48)/b15-3-,33-4+. The molecule has 1 N–H and O–H groups in total. The predicted octanol–water partition coefficient (Wildman–Crippen LogP) is 10.5. The Morgan fingerprint density at radius 3 is 1.98 bits per heavy atom. The highest BCUT2D eigenvalue weighted by Crippen LogP contribution is 2.41. The van der Waals surface area contributed by atoms with Gasteiger partial charge in [0.2, 0.25) is 0 Å². The summed E-state index contributed by atoms with van der Waals surface area (Å²) >= 11 is 0. The van der Waals surface area contributed by atoms with Gasteiger partial charge in [0.05, 0.1) is 16.6 Å². The number of nitrogens with one attached hydrogen (secondary N) is 1. The van der Waals surface area contributed by atoms with Gasteiger partial charge in [-0.1, -0.05) is 103 Å². The zero-order chi connectivity index (χ0) is 33.6. The van der Waals surface area contributed by atoms with Crippen LogP contribution in [0.3, 0.4) is 0 Å². The van der Waals surface area contributed by atoms with Gasteiger partial charge in [-0.25, -0.2) is 9.98 Å². The molecule has 244 valence electrons. The van der Waals surface area contributed by atoms with E-state index < -0.39 is 0 Å². The minimum Gasteiger partial charge on any atom is -0.324 e. The zero-order valence-corrected chi connectivity index (χ0v) is 28.5. The SMILES string of the molecule is C/C=C\C(=C/C)n1c2c(c3cc4c(cc31)c1ccccc1n4-c1ccc(C3N=C(c4ccccc4)NC(c4ccccc4)=N3)cc1)CCCC2. The first-order chi connectivity index (χ1) is 24.7. The van der Waals surface area contributed by atoms with Crippen LogP contribution in [0.25, 0.3) is 44.1 Å². The van der Waals surface area contributed by atoms with E-state index >= 15 is 0 Å². The Labute approximate surface area is 292 Å². The van der Waals surface area contributed by atoms with Crippen molar-refractivity contribution >= 4 is 50.1 Å². The van der Waals surface area contributed by atoms with Crippen molar-refractivity contribution in [1.82, 2.24) is 14.5 Å². The van der Waals surface area contributed by atoms with Gasteiger partial charge >= 0.3 is 0 Å². The summed E-state index contributed by atoms with van der Waals surface area (Å²) in [6, 6.07) is 43.1. The molecule has 5 aromatic carbocycles. The third kappa shape index (κ3) is 5.00. The van der Waals surface area contributed by atoms with Crippen LogP contribution < -0.4 is 5.32 Å². The number of benzene rings is 5. The molecule has 1 aliphatic carbocycles. The Kier molecular flexibility index (Phi) is 7.54. The zero-order valence-electron chi connectivity index (χ0n) is 28.5. The maximum absolute atomic E-state index is 5.10. The number of nitrogens with zero attached hydrogens (tertiary/aromatic N) is 4. The van der Waals surface area contributed by atoms with E-state index in [0.29, 0.717) is 0 Å². The van der Waals surface area contributed by atoms with Crippen molar-refractivity contribution in [2.24, 2.45) is 9.98 Å². The molecule has 0 fully saturated rings. The smallest absolute Gasteiger partial charge is 0.169 e. The molecular weight excluding hydrogens is 611 g/mol. The summed E-state index contributed by atoms with van der Waals surface area (Å²) < 4.78 is 4.96. The number of amidine groups is 2. The van der Waals surface area contributed by atoms with Crippen LogP contribution in [0.15, 0.2) is 150 Å². The highest BCUT2D eigenvalue weighted by Gasteiger charge is 2.24.